The van der Waals surface area contributed by atoms with E-state index >= 15 is 0 Å². The zero-order chi connectivity index (χ0) is 21.0. The molecule has 0 radical (unpaired) electrons. The number of carboxylic acids is 1. The van der Waals surface area contributed by atoms with Gasteiger partial charge < -0.3 is 14.6 Å². The second-order valence-electron chi connectivity index (χ2n) is 7.38. The number of carbonyl (C=O) groups is 3. The lowest BCUT2D eigenvalue weighted by Crippen LogP contribution is -2.48. The molecule has 0 saturated carbocycles. The van der Waals surface area contributed by atoms with E-state index in [0.717, 1.165) is 19.3 Å². The first-order valence-electron chi connectivity index (χ1n) is 9.51. The van der Waals surface area contributed by atoms with Crippen LogP contribution < -0.4 is 5.32 Å². The molecule has 0 fully saturated rings. The van der Waals surface area contributed by atoms with Crippen molar-refractivity contribution in [3.05, 3.63) is 0 Å². The van der Waals surface area contributed by atoms with Gasteiger partial charge in [0, 0.05) is 5.75 Å². The number of carboxylic acid groups (broad SMARTS) is 1. The fourth-order valence-corrected chi connectivity index (χ4v) is 3.40. The minimum Gasteiger partial charge on any atom is -0.480 e. The zero-order valence-corrected chi connectivity index (χ0v) is 18.2. The number of hydrogen-bond donors (Lipinski definition) is 2. The number of ether oxygens (including phenoxy) is 2. The summed E-state index contributed by atoms with van der Waals surface area (Å²) in [7, 11) is 0. The van der Waals surface area contributed by atoms with Gasteiger partial charge in [0.05, 0.1) is 6.61 Å². The summed E-state index contributed by atoms with van der Waals surface area (Å²) >= 11 is 1.31. The van der Waals surface area contributed by atoms with Gasteiger partial charge in [-0.3, -0.25) is 19.7 Å². The summed E-state index contributed by atoms with van der Waals surface area (Å²) in [5.74, 6) is -1.65. The van der Waals surface area contributed by atoms with Crippen molar-refractivity contribution in [1.29, 1.82) is 0 Å². The summed E-state index contributed by atoms with van der Waals surface area (Å²) in [4.78, 5) is 35.8. The molecule has 7 nitrogen and oxygen atoms in total. The first-order valence-corrected chi connectivity index (χ1v) is 10.6. The minimum absolute atomic E-state index is 0.203. The number of nitrogens with one attached hydrogen (secondary N) is 1. The smallest absolute Gasteiger partial charge is 0.324 e. The Morgan fingerprint density at radius 3 is 2.22 bits per heavy atom. The lowest BCUT2D eigenvalue weighted by Gasteiger charge is -2.25. The van der Waals surface area contributed by atoms with E-state index in [1.165, 1.54) is 18.7 Å². The molecule has 0 saturated heterocycles. The van der Waals surface area contributed by atoms with Gasteiger partial charge in [-0.15, -0.1) is 11.8 Å². The first-order chi connectivity index (χ1) is 12.5. The molecule has 0 amide bonds. The van der Waals surface area contributed by atoms with Crippen LogP contribution >= 0.6 is 11.8 Å². The van der Waals surface area contributed by atoms with E-state index in [1.807, 2.05) is 20.8 Å². The van der Waals surface area contributed by atoms with E-state index in [1.54, 1.807) is 6.92 Å². The van der Waals surface area contributed by atoms with Gasteiger partial charge in [0.15, 0.2) is 0 Å². The summed E-state index contributed by atoms with van der Waals surface area (Å²) in [5.41, 5.74) is -0.586. The number of esters is 2. The molecule has 0 aliphatic carbocycles. The molecule has 3 atom stereocenters. The lowest BCUT2D eigenvalue weighted by atomic mass is 10.1. The van der Waals surface area contributed by atoms with E-state index in [-0.39, 0.29) is 18.3 Å². The standard InChI is InChI=1S/C19H35NO6S/c1-7-9-10-11-15(18(24)26-19(4,5)6)27-12-14(17(23)25-8-2)20-13(3)16(21)22/h13-15,20H,7-12H2,1-6H3,(H,21,22)/t13?,14-,15?/m0/s1. The van der Waals surface area contributed by atoms with Crippen LogP contribution in [-0.4, -0.2) is 58.3 Å². The number of aliphatic carboxylic acids is 1. The van der Waals surface area contributed by atoms with Crippen LogP contribution in [0.15, 0.2) is 0 Å². The van der Waals surface area contributed by atoms with Crippen molar-refractivity contribution >= 4 is 29.7 Å². The van der Waals surface area contributed by atoms with Crippen molar-refractivity contribution in [2.45, 2.75) is 90.2 Å². The largest absolute Gasteiger partial charge is 0.480 e. The number of unbranched alkanes of at least 4 members (excludes halogenated alkanes) is 2. The Morgan fingerprint density at radius 2 is 1.74 bits per heavy atom. The van der Waals surface area contributed by atoms with Gasteiger partial charge in [0.25, 0.3) is 0 Å². The van der Waals surface area contributed by atoms with Gasteiger partial charge in [-0.2, -0.15) is 0 Å². The fraction of sp³-hybridized carbons (Fsp3) is 0.842. The van der Waals surface area contributed by atoms with Crippen molar-refractivity contribution in [3.63, 3.8) is 0 Å². The van der Waals surface area contributed by atoms with E-state index in [4.69, 9.17) is 14.6 Å². The number of rotatable bonds is 13. The van der Waals surface area contributed by atoms with Gasteiger partial charge in [-0.1, -0.05) is 26.2 Å². The lowest BCUT2D eigenvalue weighted by molar-refractivity contribution is -0.154. The Morgan fingerprint density at radius 1 is 1.11 bits per heavy atom. The minimum atomic E-state index is -1.05. The Labute approximate surface area is 166 Å². The number of thioether (sulfide) groups is 1. The third-order valence-corrected chi connectivity index (χ3v) is 4.95. The second-order valence-corrected chi connectivity index (χ2v) is 8.62. The third-order valence-electron chi connectivity index (χ3n) is 3.60. The summed E-state index contributed by atoms with van der Waals surface area (Å²) < 4.78 is 10.5. The molecule has 27 heavy (non-hydrogen) atoms. The van der Waals surface area contributed by atoms with E-state index in [0.29, 0.717) is 6.42 Å². The van der Waals surface area contributed by atoms with Crippen molar-refractivity contribution < 1.29 is 29.0 Å². The monoisotopic (exact) mass is 405 g/mol. The molecule has 8 heteroatoms. The molecule has 0 rings (SSSR count). The van der Waals surface area contributed by atoms with Crippen LogP contribution in [0.1, 0.15) is 67.2 Å². The molecule has 0 aliphatic heterocycles. The summed E-state index contributed by atoms with van der Waals surface area (Å²) in [6.45, 7) is 10.9. The predicted molar refractivity (Wildman–Crippen MR) is 107 cm³/mol. The Balaban J connectivity index is 5.05. The highest BCUT2D eigenvalue weighted by Gasteiger charge is 2.30. The van der Waals surface area contributed by atoms with Crippen LogP contribution in [0.5, 0.6) is 0 Å². The first kappa shape index (κ1) is 25.7. The van der Waals surface area contributed by atoms with Crippen LogP contribution in [0.2, 0.25) is 0 Å². The van der Waals surface area contributed by atoms with Crippen LogP contribution in [0, 0.1) is 0 Å². The quantitative estimate of drug-likeness (QED) is 0.356. The number of hydrogen-bond acceptors (Lipinski definition) is 7. The van der Waals surface area contributed by atoms with E-state index in [2.05, 4.69) is 12.2 Å². The average Bonchev–Trinajstić information content (AvgIpc) is 2.54. The van der Waals surface area contributed by atoms with Crippen molar-refractivity contribution in [1.82, 2.24) is 5.32 Å². The summed E-state index contributed by atoms with van der Waals surface area (Å²) in [6, 6.07) is -1.71. The van der Waals surface area contributed by atoms with Crippen molar-refractivity contribution in [2.75, 3.05) is 12.4 Å². The van der Waals surface area contributed by atoms with Crippen molar-refractivity contribution in [2.24, 2.45) is 0 Å². The maximum Gasteiger partial charge on any atom is 0.324 e. The molecule has 0 aromatic carbocycles. The Bertz CT molecular complexity index is 477. The van der Waals surface area contributed by atoms with Gasteiger partial charge in [-0.05, 0) is 41.0 Å². The van der Waals surface area contributed by atoms with Gasteiger partial charge in [0.2, 0.25) is 0 Å². The molecular formula is C19H35NO6S. The highest BCUT2D eigenvalue weighted by molar-refractivity contribution is 8.00. The summed E-state index contributed by atoms with van der Waals surface area (Å²) in [6.07, 6.45) is 3.58. The third kappa shape index (κ3) is 11.9. The number of carbonyl (C=O) groups excluding carboxylic acids is 2. The molecule has 158 valence electrons. The maximum absolute atomic E-state index is 12.5. The molecule has 0 aromatic heterocycles. The van der Waals surface area contributed by atoms with Crippen LogP contribution in [0.3, 0.4) is 0 Å². The van der Waals surface area contributed by atoms with Crippen LogP contribution in [0.25, 0.3) is 0 Å². The fourth-order valence-electron chi connectivity index (χ4n) is 2.23. The molecule has 0 spiro atoms. The maximum atomic E-state index is 12.5. The SMILES string of the molecule is CCCCCC(SC[C@H](NC(C)C(=O)O)C(=O)OCC)C(=O)OC(C)(C)C. The Hall–Kier alpha value is -1.28. The molecule has 2 unspecified atom stereocenters. The second kappa shape index (κ2) is 13.0. The van der Waals surface area contributed by atoms with Crippen LogP contribution in [0.4, 0.5) is 0 Å². The molecular weight excluding hydrogens is 370 g/mol. The highest BCUT2D eigenvalue weighted by atomic mass is 32.2. The van der Waals surface area contributed by atoms with E-state index in [9.17, 15) is 14.4 Å². The van der Waals surface area contributed by atoms with E-state index < -0.39 is 34.9 Å². The molecule has 2 N–H and O–H groups in total. The van der Waals surface area contributed by atoms with Gasteiger partial charge in [0.1, 0.15) is 22.9 Å². The topological polar surface area (TPSA) is 102 Å². The molecule has 0 aliphatic rings. The molecule has 0 bridgehead atoms. The predicted octanol–water partition coefficient (Wildman–Crippen LogP) is 3.00. The normalized spacial score (nSPS) is 14.9. The van der Waals surface area contributed by atoms with Gasteiger partial charge in [-0.25, -0.2) is 0 Å². The molecule has 0 heterocycles. The van der Waals surface area contributed by atoms with Gasteiger partial charge >= 0.3 is 17.9 Å². The highest BCUT2D eigenvalue weighted by Crippen LogP contribution is 2.23. The molecule has 0 aromatic rings. The average molecular weight is 406 g/mol. The van der Waals surface area contributed by atoms with Crippen LogP contribution in [-0.2, 0) is 23.9 Å². The van der Waals surface area contributed by atoms with Crippen molar-refractivity contribution in [3.8, 4) is 0 Å². The zero-order valence-electron chi connectivity index (χ0n) is 17.4. The Kier molecular flexibility index (Phi) is 12.4. The summed E-state index contributed by atoms with van der Waals surface area (Å²) in [5, 5.41) is 11.4.